The van der Waals surface area contributed by atoms with E-state index in [2.05, 4.69) is 13.8 Å². The zero-order valence-corrected chi connectivity index (χ0v) is 25.4. The van der Waals surface area contributed by atoms with Crippen molar-refractivity contribution in [3.63, 3.8) is 0 Å². The number of unbranched alkanes of at least 4 members (excludes halogenated alkanes) is 22. The van der Waals surface area contributed by atoms with Crippen LogP contribution in [-0.2, 0) is 18.1 Å². The molecule has 0 fully saturated rings. The SMILES string of the molecule is CCCCCCCCCCCCCCOP(=O)(OCCN)OCCCCCCCCCCCCCC. The maximum Gasteiger partial charge on any atom is 0.474 e. The summed E-state index contributed by atoms with van der Waals surface area (Å²) >= 11 is 0. The van der Waals surface area contributed by atoms with Crippen molar-refractivity contribution in [1.82, 2.24) is 0 Å². The molecule has 0 rings (SSSR count). The van der Waals surface area contributed by atoms with E-state index in [1.165, 1.54) is 128 Å². The van der Waals surface area contributed by atoms with Crippen LogP contribution in [0.2, 0.25) is 0 Å². The Labute approximate surface area is 226 Å². The van der Waals surface area contributed by atoms with Crippen LogP contribution < -0.4 is 5.73 Å². The molecular weight excluding hydrogens is 469 g/mol. The summed E-state index contributed by atoms with van der Waals surface area (Å²) in [5.41, 5.74) is 5.53. The van der Waals surface area contributed by atoms with Crippen LogP contribution in [0.1, 0.15) is 168 Å². The summed E-state index contributed by atoms with van der Waals surface area (Å²) in [7, 11) is -3.48. The van der Waals surface area contributed by atoms with Crippen molar-refractivity contribution in [3.8, 4) is 0 Å². The molecule has 0 heterocycles. The van der Waals surface area contributed by atoms with Gasteiger partial charge in [-0.05, 0) is 12.8 Å². The van der Waals surface area contributed by atoms with Crippen molar-refractivity contribution in [2.24, 2.45) is 5.73 Å². The van der Waals surface area contributed by atoms with Crippen LogP contribution in [0.5, 0.6) is 0 Å². The fourth-order valence-corrected chi connectivity index (χ4v) is 5.77. The molecule has 0 bridgehead atoms. The molecule has 0 saturated heterocycles. The molecule has 0 aromatic rings. The van der Waals surface area contributed by atoms with Gasteiger partial charge >= 0.3 is 7.82 Å². The second-order valence-electron chi connectivity index (χ2n) is 10.5. The van der Waals surface area contributed by atoms with Gasteiger partial charge < -0.3 is 5.73 Å². The number of phosphoric ester groups is 1. The van der Waals surface area contributed by atoms with Gasteiger partial charge in [-0.3, -0.25) is 13.6 Å². The van der Waals surface area contributed by atoms with Gasteiger partial charge in [-0.25, -0.2) is 4.57 Å². The Kier molecular flexibility index (Phi) is 29.7. The summed E-state index contributed by atoms with van der Waals surface area (Å²) in [5.74, 6) is 0. The number of hydrogen-bond acceptors (Lipinski definition) is 5. The minimum atomic E-state index is -3.48. The van der Waals surface area contributed by atoms with E-state index in [-0.39, 0.29) is 6.61 Å². The van der Waals surface area contributed by atoms with Gasteiger partial charge in [0.15, 0.2) is 0 Å². The molecular formula is C30H64NO4P. The highest BCUT2D eigenvalue weighted by atomic mass is 31.2. The fraction of sp³-hybridized carbons (Fsp3) is 1.00. The number of phosphoric acid groups is 1. The first kappa shape index (κ1) is 36.1. The molecule has 0 aromatic carbocycles. The van der Waals surface area contributed by atoms with E-state index in [0.717, 1.165) is 25.7 Å². The minimum absolute atomic E-state index is 0.203. The summed E-state index contributed by atoms with van der Waals surface area (Å²) in [4.78, 5) is 0. The lowest BCUT2D eigenvalue weighted by molar-refractivity contribution is 0.112. The normalized spacial score (nSPS) is 12.0. The number of hydrogen-bond donors (Lipinski definition) is 1. The van der Waals surface area contributed by atoms with E-state index in [4.69, 9.17) is 19.3 Å². The molecule has 0 aliphatic heterocycles. The molecule has 0 atom stereocenters. The van der Waals surface area contributed by atoms with Crippen molar-refractivity contribution in [1.29, 1.82) is 0 Å². The van der Waals surface area contributed by atoms with E-state index in [1.54, 1.807) is 0 Å². The molecule has 0 aromatic heterocycles. The van der Waals surface area contributed by atoms with Crippen molar-refractivity contribution >= 4 is 7.82 Å². The second-order valence-corrected chi connectivity index (χ2v) is 12.2. The van der Waals surface area contributed by atoms with Crippen LogP contribution in [0.15, 0.2) is 0 Å². The lowest BCUT2D eigenvalue weighted by Crippen LogP contribution is -2.10. The molecule has 0 saturated carbocycles. The largest absolute Gasteiger partial charge is 0.474 e. The predicted molar refractivity (Wildman–Crippen MR) is 157 cm³/mol. The van der Waals surface area contributed by atoms with Crippen LogP contribution in [0.4, 0.5) is 0 Å². The molecule has 218 valence electrons. The minimum Gasteiger partial charge on any atom is -0.328 e. The molecule has 0 radical (unpaired) electrons. The number of nitrogens with two attached hydrogens (primary N) is 1. The fourth-order valence-electron chi connectivity index (χ4n) is 4.52. The zero-order valence-electron chi connectivity index (χ0n) is 24.5. The van der Waals surface area contributed by atoms with E-state index >= 15 is 0 Å². The Bertz CT molecular complexity index is 430. The third-order valence-corrected chi connectivity index (χ3v) is 8.36. The van der Waals surface area contributed by atoms with Crippen molar-refractivity contribution in [2.45, 2.75) is 168 Å². The highest BCUT2D eigenvalue weighted by molar-refractivity contribution is 7.48. The Morgan fingerprint density at radius 1 is 0.417 bits per heavy atom. The number of rotatable bonds is 31. The Balaban J connectivity index is 3.65. The molecule has 0 spiro atoms. The molecule has 0 aliphatic rings. The Morgan fingerprint density at radius 2 is 0.667 bits per heavy atom. The van der Waals surface area contributed by atoms with Crippen LogP contribution in [-0.4, -0.2) is 26.4 Å². The Morgan fingerprint density at radius 3 is 0.944 bits per heavy atom. The van der Waals surface area contributed by atoms with Gasteiger partial charge in [-0.2, -0.15) is 0 Å². The van der Waals surface area contributed by atoms with E-state index < -0.39 is 7.82 Å². The molecule has 2 N–H and O–H groups in total. The first-order chi connectivity index (χ1) is 17.7. The van der Waals surface area contributed by atoms with Crippen LogP contribution in [0, 0.1) is 0 Å². The summed E-state index contributed by atoms with van der Waals surface area (Å²) in [6, 6.07) is 0. The van der Waals surface area contributed by atoms with Gasteiger partial charge in [0.25, 0.3) is 0 Å². The molecule has 6 heteroatoms. The standard InChI is InChI=1S/C30H64NO4P/c1-3-5-7-9-11-13-15-17-19-21-23-25-28-33-36(32,35-30-27-31)34-29-26-24-22-20-18-16-14-12-10-8-6-4-2/h3-31H2,1-2H3. The van der Waals surface area contributed by atoms with E-state index in [9.17, 15) is 4.57 Å². The average Bonchev–Trinajstić information content (AvgIpc) is 2.88. The third-order valence-electron chi connectivity index (χ3n) is 6.86. The smallest absolute Gasteiger partial charge is 0.328 e. The van der Waals surface area contributed by atoms with Crippen molar-refractivity contribution in [2.75, 3.05) is 26.4 Å². The topological polar surface area (TPSA) is 70.8 Å². The van der Waals surface area contributed by atoms with Gasteiger partial charge in [-0.15, -0.1) is 0 Å². The van der Waals surface area contributed by atoms with Crippen molar-refractivity contribution in [3.05, 3.63) is 0 Å². The predicted octanol–water partition coefficient (Wildman–Crippen LogP) is 10.5. The first-order valence-corrected chi connectivity index (χ1v) is 17.4. The lowest BCUT2D eigenvalue weighted by Gasteiger charge is -2.17. The second kappa shape index (κ2) is 29.6. The van der Waals surface area contributed by atoms with Crippen molar-refractivity contribution < 1.29 is 18.1 Å². The lowest BCUT2D eigenvalue weighted by atomic mass is 10.1. The summed E-state index contributed by atoms with van der Waals surface area (Å²) < 4.78 is 29.4. The van der Waals surface area contributed by atoms with Gasteiger partial charge in [0.2, 0.25) is 0 Å². The molecule has 0 unspecified atom stereocenters. The monoisotopic (exact) mass is 533 g/mol. The molecule has 0 amide bonds. The van der Waals surface area contributed by atoms with Crippen LogP contribution >= 0.6 is 7.82 Å². The summed E-state index contributed by atoms with van der Waals surface area (Å²) in [6.07, 6.45) is 30.9. The van der Waals surface area contributed by atoms with Gasteiger partial charge in [0.05, 0.1) is 19.8 Å². The van der Waals surface area contributed by atoms with Gasteiger partial charge in [-0.1, -0.05) is 155 Å². The Hall–Kier alpha value is 0.0700. The third kappa shape index (κ3) is 27.1. The summed E-state index contributed by atoms with van der Waals surface area (Å²) in [6.45, 7) is 5.91. The molecule has 36 heavy (non-hydrogen) atoms. The highest BCUT2D eigenvalue weighted by Gasteiger charge is 2.25. The van der Waals surface area contributed by atoms with Gasteiger partial charge in [0, 0.05) is 6.54 Å². The first-order valence-electron chi connectivity index (χ1n) is 15.9. The molecule has 0 aliphatic carbocycles. The quantitative estimate of drug-likeness (QED) is 0.0709. The maximum absolute atomic E-state index is 12.9. The van der Waals surface area contributed by atoms with Crippen LogP contribution in [0.25, 0.3) is 0 Å². The molecule has 5 nitrogen and oxygen atoms in total. The van der Waals surface area contributed by atoms with Gasteiger partial charge in [0.1, 0.15) is 0 Å². The van der Waals surface area contributed by atoms with E-state index in [0.29, 0.717) is 19.8 Å². The maximum atomic E-state index is 12.9. The van der Waals surface area contributed by atoms with E-state index in [1.807, 2.05) is 0 Å². The summed E-state index contributed by atoms with van der Waals surface area (Å²) in [5, 5.41) is 0. The van der Waals surface area contributed by atoms with Crippen LogP contribution in [0.3, 0.4) is 0 Å². The zero-order chi connectivity index (χ0) is 26.4. The average molecular weight is 534 g/mol. The highest BCUT2D eigenvalue weighted by Crippen LogP contribution is 2.49.